The molecule has 0 atom stereocenters. The van der Waals surface area contributed by atoms with Crippen molar-refractivity contribution in [2.75, 3.05) is 20.2 Å². The molecule has 0 saturated carbocycles. The second-order valence-corrected chi connectivity index (χ2v) is 5.90. The number of nitrogens with zero attached hydrogens (tertiary/aromatic N) is 1. The van der Waals surface area contributed by atoms with Gasteiger partial charge in [-0.25, -0.2) is 0 Å². The first-order chi connectivity index (χ1) is 8.89. The smallest absolute Gasteiger partial charge is 0.325 e. The Hall–Kier alpha value is -0.870. The molecule has 0 spiro atoms. The summed E-state index contributed by atoms with van der Waals surface area (Å²) in [5.41, 5.74) is 0.645. The third kappa shape index (κ3) is 4.32. The predicted molar refractivity (Wildman–Crippen MR) is 81.2 cm³/mol. The van der Waals surface area contributed by atoms with Gasteiger partial charge in [0.15, 0.2) is 0 Å². The highest BCUT2D eigenvalue weighted by Gasteiger charge is 2.33. The molecule has 3 nitrogen and oxygen atoms in total. The van der Waals surface area contributed by atoms with Gasteiger partial charge < -0.3 is 4.74 Å². The molecule has 0 aliphatic rings. The zero-order valence-corrected chi connectivity index (χ0v) is 13.7. The lowest BCUT2D eigenvalue weighted by Crippen LogP contribution is -2.49. The highest BCUT2D eigenvalue weighted by atomic mass is 79.9. The first kappa shape index (κ1) is 16.2. The number of carbonyl (C=O) groups excluding carboxylic acids is 1. The number of halogens is 1. The van der Waals surface area contributed by atoms with Crippen LogP contribution in [0, 0.1) is 0 Å². The van der Waals surface area contributed by atoms with E-state index in [-0.39, 0.29) is 5.97 Å². The summed E-state index contributed by atoms with van der Waals surface area (Å²) in [5, 5.41) is 0. The van der Waals surface area contributed by atoms with Crippen LogP contribution >= 0.6 is 15.9 Å². The van der Waals surface area contributed by atoms with Gasteiger partial charge in [-0.2, -0.15) is 0 Å². The van der Waals surface area contributed by atoms with E-state index in [1.165, 1.54) is 5.56 Å². The largest absolute Gasteiger partial charge is 0.465 e. The van der Waals surface area contributed by atoms with Gasteiger partial charge >= 0.3 is 5.97 Å². The molecule has 0 bridgehead atoms. The molecule has 0 radical (unpaired) electrons. The Morgan fingerprint density at radius 3 is 2.58 bits per heavy atom. The second kappa shape index (κ2) is 7.06. The molecule has 0 fully saturated rings. The maximum absolute atomic E-state index is 11.9. The molecule has 106 valence electrons. The molecule has 0 amide bonds. The molecule has 0 aliphatic heterocycles. The lowest BCUT2D eigenvalue weighted by atomic mass is 10.0. The fourth-order valence-electron chi connectivity index (χ4n) is 1.73. The van der Waals surface area contributed by atoms with E-state index < -0.39 is 5.54 Å². The van der Waals surface area contributed by atoms with Crippen molar-refractivity contribution in [1.29, 1.82) is 0 Å². The third-order valence-electron chi connectivity index (χ3n) is 3.40. The Labute approximate surface area is 124 Å². The van der Waals surface area contributed by atoms with Gasteiger partial charge in [-0.05, 0) is 45.9 Å². The minimum atomic E-state index is -0.600. The summed E-state index contributed by atoms with van der Waals surface area (Å²) in [6.07, 6.45) is 0.890. The van der Waals surface area contributed by atoms with E-state index in [1.54, 1.807) is 0 Å². The zero-order chi connectivity index (χ0) is 14.5. The third-order valence-corrected chi connectivity index (χ3v) is 4.18. The van der Waals surface area contributed by atoms with Gasteiger partial charge in [0, 0.05) is 11.0 Å². The van der Waals surface area contributed by atoms with E-state index >= 15 is 0 Å². The number of carbonyl (C=O) groups is 1. The standard InChI is InChI=1S/C15H22BrNO2/c1-5-19-14(18)15(2,3)17(4)11-10-12-8-6-7-9-13(12)16/h6-9H,5,10-11H2,1-4H3. The van der Waals surface area contributed by atoms with Gasteiger partial charge in [0.1, 0.15) is 5.54 Å². The lowest BCUT2D eigenvalue weighted by molar-refractivity contribution is -0.154. The van der Waals surface area contributed by atoms with Crippen molar-refractivity contribution in [3.05, 3.63) is 34.3 Å². The van der Waals surface area contributed by atoms with Crippen molar-refractivity contribution in [2.24, 2.45) is 0 Å². The molecule has 0 N–H and O–H groups in total. The van der Waals surface area contributed by atoms with Gasteiger partial charge in [0.05, 0.1) is 6.61 Å². The fraction of sp³-hybridized carbons (Fsp3) is 0.533. The van der Waals surface area contributed by atoms with Crippen molar-refractivity contribution in [2.45, 2.75) is 32.7 Å². The maximum Gasteiger partial charge on any atom is 0.325 e. The Kier molecular flexibility index (Phi) is 6.01. The van der Waals surface area contributed by atoms with Gasteiger partial charge in [-0.15, -0.1) is 0 Å². The Balaban J connectivity index is 2.62. The number of ether oxygens (including phenoxy) is 1. The van der Waals surface area contributed by atoms with Crippen LogP contribution in [0.2, 0.25) is 0 Å². The van der Waals surface area contributed by atoms with Crippen molar-refractivity contribution in [1.82, 2.24) is 4.90 Å². The highest BCUT2D eigenvalue weighted by molar-refractivity contribution is 9.10. The van der Waals surface area contributed by atoms with Crippen LogP contribution in [0.25, 0.3) is 0 Å². The van der Waals surface area contributed by atoms with E-state index in [4.69, 9.17) is 4.74 Å². The lowest BCUT2D eigenvalue weighted by Gasteiger charge is -2.33. The average molecular weight is 328 g/mol. The summed E-state index contributed by atoms with van der Waals surface area (Å²) >= 11 is 3.54. The summed E-state index contributed by atoms with van der Waals surface area (Å²) in [7, 11) is 1.95. The highest BCUT2D eigenvalue weighted by Crippen LogP contribution is 2.19. The van der Waals surface area contributed by atoms with Crippen molar-refractivity contribution < 1.29 is 9.53 Å². The van der Waals surface area contributed by atoms with Crippen molar-refractivity contribution >= 4 is 21.9 Å². The van der Waals surface area contributed by atoms with Crippen LogP contribution in [0.5, 0.6) is 0 Å². The van der Waals surface area contributed by atoms with Crippen molar-refractivity contribution in [3.8, 4) is 0 Å². The number of hydrogen-bond donors (Lipinski definition) is 0. The number of hydrogen-bond acceptors (Lipinski definition) is 3. The summed E-state index contributed by atoms with van der Waals surface area (Å²) in [5.74, 6) is -0.176. The van der Waals surface area contributed by atoms with Gasteiger partial charge in [-0.3, -0.25) is 9.69 Å². The molecule has 0 aliphatic carbocycles. The molecule has 0 heterocycles. The first-order valence-corrected chi connectivity index (χ1v) is 7.30. The van der Waals surface area contributed by atoms with Crippen LogP contribution in [0.4, 0.5) is 0 Å². The van der Waals surface area contributed by atoms with Crippen LogP contribution in [0.15, 0.2) is 28.7 Å². The Bertz CT molecular complexity index is 432. The quantitative estimate of drug-likeness (QED) is 0.751. The molecule has 1 aromatic rings. The summed E-state index contributed by atoms with van der Waals surface area (Å²) < 4.78 is 6.22. The number of likely N-dealkylation sites (N-methyl/N-ethyl adjacent to an activating group) is 1. The van der Waals surface area contributed by atoms with Crippen LogP contribution in [-0.2, 0) is 16.0 Å². The van der Waals surface area contributed by atoms with Crippen molar-refractivity contribution in [3.63, 3.8) is 0 Å². The van der Waals surface area contributed by atoms with Gasteiger partial charge in [-0.1, -0.05) is 34.1 Å². The number of rotatable bonds is 6. The molecule has 19 heavy (non-hydrogen) atoms. The normalized spacial score (nSPS) is 11.7. The second-order valence-electron chi connectivity index (χ2n) is 5.04. The summed E-state index contributed by atoms with van der Waals surface area (Å²) in [6, 6.07) is 8.15. The molecule has 0 saturated heterocycles. The van der Waals surface area contributed by atoms with Crippen LogP contribution in [0.3, 0.4) is 0 Å². The van der Waals surface area contributed by atoms with Crippen LogP contribution in [-0.4, -0.2) is 36.6 Å². The number of esters is 1. The topological polar surface area (TPSA) is 29.5 Å². The SMILES string of the molecule is CCOC(=O)C(C)(C)N(C)CCc1ccccc1Br. The van der Waals surface area contributed by atoms with Gasteiger partial charge in [0.25, 0.3) is 0 Å². The Morgan fingerprint density at radius 1 is 1.37 bits per heavy atom. The number of benzene rings is 1. The van der Waals surface area contributed by atoms with E-state index in [0.717, 1.165) is 17.4 Å². The zero-order valence-electron chi connectivity index (χ0n) is 12.1. The van der Waals surface area contributed by atoms with Crippen LogP contribution in [0.1, 0.15) is 26.3 Å². The van der Waals surface area contributed by atoms with Crippen LogP contribution < -0.4 is 0 Å². The molecule has 4 heteroatoms. The monoisotopic (exact) mass is 327 g/mol. The molecule has 0 unspecified atom stereocenters. The Morgan fingerprint density at radius 2 is 2.00 bits per heavy atom. The molecule has 0 aromatic heterocycles. The summed E-state index contributed by atoms with van der Waals surface area (Å²) in [6.45, 7) is 6.83. The van der Waals surface area contributed by atoms with Gasteiger partial charge in [0.2, 0.25) is 0 Å². The van der Waals surface area contributed by atoms with E-state index in [9.17, 15) is 4.79 Å². The minimum absolute atomic E-state index is 0.176. The van der Waals surface area contributed by atoms with E-state index in [0.29, 0.717) is 6.61 Å². The fourth-order valence-corrected chi connectivity index (χ4v) is 2.22. The average Bonchev–Trinajstić information content (AvgIpc) is 2.37. The van der Waals surface area contributed by atoms with E-state index in [1.807, 2.05) is 50.9 Å². The molecular weight excluding hydrogens is 306 g/mol. The minimum Gasteiger partial charge on any atom is -0.465 e. The molecule has 1 aromatic carbocycles. The van der Waals surface area contributed by atoms with E-state index in [2.05, 4.69) is 22.0 Å². The first-order valence-electron chi connectivity index (χ1n) is 6.51. The maximum atomic E-state index is 11.9. The summed E-state index contributed by atoms with van der Waals surface area (Å²) in [4.78, 5) is 13.9. The molecule has 1 rings (SSSR count). The molecular formula is C15H22BrNO2. The predicted octanol–water partition coefficient (Wildman–Crippen LogP) is 3.27.